The lowest BCUT2D eigenvalue weighted by molar-refractivity contribution is 0.660. The number of benzene rings is 10. The van der Waals surface area contributed by atoms with Crippen LogP contribution in [0.1, 0.15) is 25.0 Å². The van der Waals surface area contributed by atoms with E-state index in [1.165, 1.54) is 75.1 Å². The van der Waals surface area contributed by atoms with Crippen LogP contribution in [0.15, 0.2) is 231 Å². The Hall–Kier alpha value is -8.64. The highest BCUT2D eigenvalue weighted by Crippen LogP contribution is 2.53. The topological polar surface area (TPSA) is 34.0 Å². The van der Waals surface area contributed by atoms with Gasteiger partial charge in [0.05, 0.1) is 32.8 Å². The van der Waals surface area contributed by atoms with Crippen molar-refractivity contribution in [1.29, 1.82) is 0 Å². The number of anilines is 3. The van der Waals surface area contributed by atoms with Crippen molar-refractivity contribution >= 4 is 81.1 Å². The van der Waals surface area contributed by atoms with Gasteiger partial charge < -0.3 is 4.90 Å². The van der Waals surface area contributed by atoms with E-state index in [2.05, 4.69) is 254 Å². The summed E-state index contributed by atoms with van der Waals surface area (Å²) in [6, 6.07) is 83.5. The second-order valence-electron chi connectivity index (χ2n) is 18.9. The number of nitrogens with zero attached hydrogens (tertiary/aromatic N) is 4. The molecule has 1 aliphatic rings. The van der Waals surface area contributed by atoms with Crippen LogP contribution < -0.4 is 4.90 Å². The van der Waals surface area contributed by atoms with E-state index >= 15 is 0 Å². The third kappa shape index (κ3) is 6.22. The summed E-state index contributed by atoms with van der Waals surface area (Å²) < 4.78 is 4.76. The first kappa shape index (κ1) is 40.4. The Morgan fingerprint density at radius 2 is 1.01 bits per heavy atom. The number of aromatic nitrogens is 3. The highest BCUT2D eigenvalue weighted by Gasteiger charge is 2.36. The third-order valence-electron chi connectivity index (χ3n) is 14.6. The molecule has 330 valence electrons. The first-order valence-electron chi connectivity index (χ1n) is 24.0. The quantitative estimate of drug-likeness (QED) is 0.160. The maximum absolute atomic E-state index is 5.41. The summed E-state index contributed by atoms with van der Waals surface area (Å²) in [4.78, 5) is 13.3. The van der Waals surface area contributed by atoms with Gasteiger partial charge in [-0.2, -0.15) is 0 Å². The van der Waals surface area contributed by atoms with Crippen molar-refractivity contribution in [3.8, 4) is 50.7 Å². The molecule has 0 saturated heterocycles. The van der Waals surface area contributed by atoms with Crippen molar-refractivity contribution in [3.63, 3.8) is 0 Å². The highest BCUT2D eigenvalue weighted by molar-refractivity contribution is 7.26. The molecule has 3 aromatic heterocycles. The van der Waals surface area contributed by atoms with E-state index in [9.17, 15) is 0 Å². The van der Waals surface area contributed by atoms with Crippen LogP contribution in [0.2, 0.25) is 0 Å². The number of fused-ring (bicyclic) bond motifs is 12. The van der Waals surface area contributed by atoms with Gasteiger partial charge in [-0.05, 0) is 98.8 Å². The molecule has 4 nitrogen and oxygen atoms in total. The maximum atomic E-state index is 5.41. The van der Waals surface area contributed by atoms with Crippen LogP contribution in [0.4, 0.5) is 17.1 Å². The lowest BCUT2D eigenvalue weighted by Crippen LogP contribution is -2.16. The fraction of sp³-hybridized carbons (Fsp3) is 0.0462. The zero-order chi connectivity index (χ0) is 46.5. The van der Waals surface area contributed by atoms with E-state index in [4.69, 9.17) is 9.97 Å². The standard InChI is InChI=1S/C65H44N4S/c1-65(2)52-27-15-14-25-49(52)50-35-34-47(39-53(50)65)68(46-32-29-42(30-33-46)41-17-6-3-7-18-41)58-28-16-26-51-61-59(70-63(51)58)38-37-57-62(61)60-48-24-13-12-19-43(48)31-36-56(60)69(57)64-66-54(44-20-8-4-9-21-44)40-55(67-64)45-22-10-5-11-23-45/h3-40H,1-2H3. The molecule has 0 aliphatic heterocycles. The first-order valence-corrected chi connectivity index (χ1v) is 24.8. The van der Waals surface area contributed by atoms with E-state index in [0.717, 1.165) is 50.6 Å². The average molecular weight is 913 g/mol. The van der Waals surface area contributed by atoms with Crippen LogP contribution >= 0.6 is 11.3 Å². The largest absolute Gasteiger partial charge is 0.309 e. The fourth-order valence-electron chi connectivity index (χ4n) is 11.3. The molecule has 0 fully saturated rings. The third-order valence-corrected chi connectivity index (χ3v) is 15.8. The molecule has 0 saturated carbocycles. The second kappa shape index (κ2) is 15.7. The molecule has 0 amide bonds. The van der Waals surface area contributed by atoms with Crippen molar-refractivity contribution in [2.45, 2.75) is 19.3 Å². The van der Waals surface area contributed by atoms with E-state index in [1.54, 1.807) is 0 Å². The Bertz CT molecular complexity index is 4130. The van der Waals surface area contributed by atoms with Crippen LogP contribution in [0, 0.1) is 0 Å². The Balaban J connectivity index is 1.03. The second-order valence-corrected chi connectivity index (χ2v) is 20.0. The van der Waals surface area contributed by atoms with E-state index in [-0.39, 0.29) is 5.41 Å². The summed E-state index contributed by atoms with van der Waals surface area (Å²) in [7, 11) is 0. The SMILES string of the molecule is CC1(C)c2ccccc2-c2ccc(N(c3ccc(-c4ccccc4)cc3)c3cccc4c3sc3ccc5c(c34)c3c4ccccc4ccc3n5-c3nc(-c4ccccc4)cc(-c4ccccc4)n3)cc21. The summed E-state index contributed by atoms with van der Waals surface area (Å²) in [6.45, 7) is 4.73. The molecule has 3 heterocycles. The van der Waals surface area contributed by atoms with Gasteiger partial charge in [0.2, 0.25) is 5.95 Å². The maximum Gasteiger partial charge on any atom is 0.235 e. The number of thiophene rings is 1. The van der Waals surface area contributed by atoms with E-state index < -0.39 is 0 Å². The highest BCUT2D eigenvalue weighted by atomic mass is 32.1. The predicted molar refractivity (Wildman–Crippen MR) is 295 cm³/mol. The van der Waals surface area contributed by atoms with Gasteiger partial charge in [-0.1, -0.05) is 190 Å². The lowest BCUT2D eigenvalue weighted by Gasteiger charge is -2.28. The minimum absolute atomic E-state index is 0.150. The molecule has 10 aromatic carbocycles. The normalized spacial score (nSPS) is 12.8. The van der Waals surface area contributed by atoms with E-state index in [1.807, 2.05) is 11.3 Å². The van der Waals surface area contributed by atoms with Gasteiger partial charge in [0, 0.05) is 54.2 Å². The molecular formula is C65H44N4S. The molecule has 0 unspecified atom stereocenters. The fourth-order valence-corrected chi connectivity index (χ4v) is 12.5. The van der Waals surface area contributed by atoms with Crippen LogP contribution in [0.3, 0.4) is 0 Å². The van der Waals surface area contributed by atoms with E-state index in [0.29, 0.717) is 5.95 Å². The Labute approximate surface area is 410 Å². The first-order chi connectivity index (χ1) is 34.5. The minimum atomic E-state index is -0.150. The molecule has 0 atom stereocenters. The summed E-state index contributed by atoms with van der Waals surface area (Å²) in [5, 5.41) is 7.27. The van der Waals surface area contributed by atoms with Gasteiger partial charge in [-0.15, -0.1) is 11.3 Å². The molecule has 13 aromatic rings. The zero-order valence-electron chi connectivity index (χ0n) is 38.6. The number of rotatable bonds is 7. The molecule has 0 radical (unpaired) electrons. The average Bonchev–Trinajstić information content (AvgIpc) is 4.05. The van der Waals surface area contributed by atoms with Gasteiger partial charge in [0.25, 0.3) is 0 Å². The summed E-state index contributed by atoms with van der Waals surface area (Å²) in [6.07, 6.45) is 0. The van der Waals surface area contributed by atoms with Crippen molar-refractivity contribution in [3.05, 3.63) is 242 Å². The van der Waals surface area contributed by atoms with Crippen LogP contribution in [-0.2, 0) is 5.41 Å². The smallest absolute Gasteiger partial charge is 0.235 e. The molecule has 5 heteroatoms. The molecular weight excluding hydrogens is 869 g/mol. The van der Waals surface area contributed by atoms with Crippen LogP contribution in [0.5, 0.6) is 0 Å². The van der Waals surface area contributed by atoms with Gasteiger partial charge >= 0.3 is 0 Å². The molecule has 1 aliphatic carbocycles. The molecule has 14 rings (SSSR count). The lowest BCUT2D eigenvalue weighted by atomic mass is 9.82. The van der Waals surface area contributed by atoms with Crippen LogP contribution in [-0.4, -0.2) is 14.5 Å². The van der Waals surface area contributed by atoms with Crippen LogP contribution in [0.25, 0.3) is 103 Å². The summed E-state index contributed by atoms with van der Waals surface area (Å²) in [5.41, 5.74) is 17.0. The van der Waals surface area contributed by atoms with Gasteiger partial charge in [-0.3, -0.25) is 4.57 Å². The Kier molecular flexibility index (Phi) is 9.07. The predicted octanol–water partition coefficient (Wildman–Crippen LogP) is 17.9. The molecule has 70 heavy (non-hydrogen) atoms. The van der Waals surface area contributed by atoms with Crippen molar-refractivity contribution < 1.29 is 0 Å². The van der Waals surface area contributed by atoms with Crippen molar-refractivity contribution in [1.82, 2.24) is 14.5 Å². The summed E-state index contributed by atoms with van der Waals surface area (Å²) in [5.74, 6) is 0.641. The Morgan fingerprint density at radius 1 is 0.429 bits per heavy atom. The van der Waals surface area contributed by atoms with Gasteiger partial charge in [-0.25, -0.2) is 9.97 Å². The number of hydrogen-bond donors (Lipinski definition) is 0. The minimum Gasteiger partial charge on any atom is -0.309 e. The van der Waals surface area contributed by atoms with Gasteiger partial charge in [0.15, 0.2) is 0 Å². The molecule has 0 N–H and O–H groups in total. The van der Waals surface area contributed by atoms with Crippen molar-refractivity contribution in [2.75, 3.05) is 4.90 Å². The van der Waals surface area contributed by atoms with Crippen molar-refractivity contribution in [2.24, 2.45) is 0 Å². The monoisotopic (exact) mass is 912 g/mol. The molecule has 0 bridgehead atoms. The number of hydrogen-bond acceptors (Lipinski definition) is 4. The molecule has 0 spiro atoms. The summed E-state index contributed by atoms with van der Waals surface area (Å²) >= 11 is 1.87. The van der Waals surface area contributed by atoms with Gasteiger partial charge in [0.1, 0.15) is 0 Å². The Morgan fingerprint density at radius 3 is 1.76 bits per heavy atom. The zero-order valence-corrected chi connectivity index (χ0v) is 39.5.